The Kier molecular flexibility index (Phi) is 4.35. The maximum Gasteiger partial charge on any atom is 0.109 e. The number of hydrogen-bond donors (Lipinski definition) is 2. The second kappa shape index (κ2) is 5.32. The molecule has 74 valence electrons. The second-order valence-corrected chi connectivity index (χ2v) is 4.11. The highest BCUT2D eigenvalue weighted by Crippen LogP contribution is 2.14. The molecular weight excluding hydrogens is 184 g/mol. The summed E-state index contributed by atoms with van der Waals surface area (Å²) in [5.74, 6) is 0. The van der Waals surface area contributed by atoms with Gasteiger partial charge in [0.15, 0.2) is 0 Å². The fraction of sp³-hybridized carbons (Fsp3) is 0.667. The van der Waals surface area contributed by atoms with Crippen molar-refractivity contribution in [3.63, 3.8) is 0 Å². The molecule has 0 saturated heterocycles. The summed E-state index contributed by atoms with van der Waals surface area (Å²) in [7, 11) is 0. The molecular formula is C9H16N2OS. The normalized spacial score (nSPS) is 15.6. The first-order valence-corrected chi connectivity index (χ1v) is 5.39. The average molecular weight is 200 g/mol. The highest BCUT2D eigenvalue weighted by Gasteiger charge is 2.06. The molecule has 2 N–H and O–H groups in total. The number of rotatable bonds is 5. The van der Waals surface area contributed by atoms with E-state index in [1.54, 1.807) is 18.3 Å². The molecule has 0 fully saturated rings. The summed E-state index contributed by atoms with van der Waals surface area (Å²) >= 11 is 1.65. The minimum Gasteiger partial charge on any atom is -0.393 e. The molecule has 2 atom stereocenters. The van der Waals surface area contributed by atoms with E-state index >= 15 is 0 Å². The largest absolute Gasteiger partial charge is 0.393 e. The summed E-state index contributed by atoms with van der Waals surface area (Å²) in [6.07, 6.45) is 2.37. The zero-order valence-corrected chi connectivity index (χ0v) is 8.84. The van der Waals surface area contributed by atoms with Crippen LogP contribution in [-0.4, -0.2) is 22.7 Å². The van der Waals surface area contributed by atoms with Gasteiger partial charge in [-0.1, -0.05) is 0 Å². The highest BCUT2D eigenvalue weighted by molar-refractivity contribution is 7.09. The maximum absolute atomic E-state index is 9.04. The van der Waals surface area contributed by atoms with E-state index in [0.29, 0.717) is 6.04 Å². The van der Waals surface area contributed by atoms with Crippen LogP contribution in [0.15, 0.2) is 11.6 Å². The van der Waals surface area contributed by atoms with Crippen molar-refractivity contribution in [3.05, 3.63) is 16.6 Å². The fourth-order valence-electron chi connectivity index (χ4n) is 1.04. The molecule has 0 amide bonds. The van der Waals surface area contributed by atoms with E-state index in [2.05, 4.69) is 17.2 Å². The zero-order valence-electron chi connectivity index (χ0n) is 8.03. The number of hydrogen-bond acceptors (Lipinski definition) is 4. The molecule has 1 aromatic rings. The van der Waals surface area contributed by atoms with E-state index < -0.39 is 0 Å². The Morgan fingerprint density at radius 1 is 1.62 bits per heavy atom. The maximum atomic E-state index is 9.04. The van der Waals surface area contributed by atoms with Gasteiger partial charge in [-0.15, -0.1) is 11.3 Å². The van der Waals surface area contributed by atoms with Crippen LogP contribution in [0.5, 0.6) is 0 Å². The number of nitrogens with zero attached hydrogens (tertiary/aromatic N) is 1. The zero-order chi connectivity index (χ0) is 9.68. The van der Waals surface area contributed by atoms with Gasteiger partial charge in [-0.3, -0.25) is 0 Å². The van der Waals surface area contributed by atoms with E-state index in [1.165, 1.54) is 0 Å². The minimum atomic E-state index is -0.226. The summed E-state index contributed by atoms with van der Waals surface area (Å²) in [6, 6.07) is 0.291. The lowest BCUT2D eigenvalue weighted by atomic mass is 10.2. The number of aliphatic hydroxyl groups excluding tert-OH is 1. The molecule has 0 bridgehead atoms. The van der Waals surface area contributed by atoms with Gasteiger partial charge in [0, 0.05) is 11.6 Å². The first-order valence-electron chi connectivity index (χ1n) is 4.51. The van der Waals surface area contributed by atoms with Crippen LogP contribution in [-0.2, 0) is 0 Å². The summed E-state index contributed by atoms with van der Waals surface area (Å²) in [6.45, 7) is 4.72. The molecule has 0 radical (unpaired) electrons. The van der Waals surface area contributed by atoms with Crippen LogP contribution in [0.2, 0.25) is 0 Å². The topological polar surface area (TPSA) is 45.1 Å². The summed E-state index contributed by atoms with van der Waals surface area (Å²) in [5.41, 5.74) is 0. The predicted molar refractivity (Wildman–Crippen MR) is 54.8 cm³/mol. The standard InChI is InChI=1S/C9H16N2OS/c1-7(12)3-4-10-8(2)9-11-5-6-13-9/h5-8,10,12H,3-4H2,1-2H3/t7-,8+/m0/s1. The third-order valence-corrected chi connectivity index (χ3v) is 2.79. The van der Waals surface area contributed by atoms with Crippen LogP contribution in [0.25, 0.3) is 0 Å². The van der Waals surface area contributed by atoms with E-state index in [1.807, 2.05) is 11.6 Å². The minimum absolute atomic E-state index is 0.226. The van der Waals surface area contributed by atoms with Crippen molar-refractivity contribution in [2.24, 2.45) is 0 Å². The first-order chi connectivity index (χ1) is 6.20. The van der Waals surface area contributed by atoms with Crippen molar-refractivity contribution in [1.82, 2.24) is 10.3 Å². The van der Waals surface area contributed by atoms with Gasteiger partial charge in [-0.2, -0.15) is 0 Å². The van der Waals surface area contributed by atoms with E-state index in [-0.39, 0.29) is 6.10 Å². The van der Waals surface area contributed by atoms with Gasteiger partial charge in [0.1, 0.15) is 5.01 Å². The van der Waals surface area contributed by atoms with Gasteiger partial charge in [-0.05, 0) is 26.8 Å². The SMILES string of the molecule is C[C@H](O)CCN[C@H](C)c1nccs1. The van der Waals surface area contributed by atoms with Crippen LogP contribution < -0.4 is 5.32 Å². The van der Waals surface area contributed by atoms with Crippen molar-refractivity contribution in [2.75, 3.05) is 6.54 Å². The molecule has 0 aliphatic rings. The molecule has 3 nitrogen and oxygen atoms in total. The van der Waals surface area contributed by atoms with Crippen LogP contribution in [0.1, 0.15) is 31.3 Å². The quantitative estimate of drug-likeness (QED) is 0.758. The monoisotopic (exact) mass is 200 g/mol. The molecule has 4 heteroatoms. The van der Waals surface area contributed by atoms with Gasteiger partial charge >= 0.3 is 0 Å². The Bertz CT molecular complexity index is 224. The van der Waals surface area contributed by atoms with Gasteiger partial charge in [0.2, 0.25) is 0 Å². The van der Waals surface area contributed by atoms with Crippen LogP contribution in [0, 0.1) is 0 Å². The molecule has 0 unspecified atom stereocenters. The van der Waals surface area contributed by atoms with E-state index in [0.717, 1.165) is 18.0 Å². The number of aliphatic hydroxyl groups is 1. The van der Waals surface area contributed by atoms with Crippen molar-refractivity contribution in [1.29, 1.82) is 0 Å². The van der Waals surface area contributed by atoms with Crippen LogP contribution in [0.3, 0.4) is 0 Å². The highest BCUT2D eigenvalue weighted by atomic mass is 32.1. The fourth-order valence-corrected chi connectivity index (χ4v) is 1.71. The van der Waals surface area contributed by atoms with Crippen molar-refractivity contribution < 1.29 is 5.11 Å². The lowest BCUT2D eigenvalue weighted by molar-refractivity contribution is 0.182. The van der Waals surface area contributed by atoms with E-state index in [4.69, 9.17) is 5.11 Å². The third kappa shape index (κ3) is 3.85. The van der Waals surface area contributed by atoms with Gasteiger partial charge in [0.25, 0.3) is 0 Å². The molecule has 0 aliphatic heterocycles. The molecule has 1 rings (SSSR count). The predicted octanol–water partition coefficient (Wildman–Crippen LogP) is 1.56. The summed E-state index contributed by atoms with van der Waals surface area (Å²) in [4.78, 5) is 4.21. The molecule has 0 aromatic carbocycles. The molecule has 1 aromatic heterocycles. The Morgan fingerprint density at radius 2 is 2.38 bits per heavy atom. The van der Waals surface area contributed by atoms with Gasteiger partial charge in [0.05, 0.1) is 12.1 Å². The van der Waals surface area contributed by atoms with Crippen molar-refractivity contribution in [2.45, 2.75) is 32.4 Å². The molecule has 1 heterocycles. The lowest BCUT2D eigenvalue weighted by Crippen LogP contribution is -2.22. The lowest BCUT2D eigenvalue weighted by Gasteiger charge is -2.11. The summed E-state index contributed by atoms with van der Waals surface area (Å²) in [5, 5.41) is 15.4. The molecule has 0 saturated carbocycles. The Morgan fingerprint density at radius 3 is 2.92 bits per heavy atom. The Hall–Kier alpha value is -0.450. The summed E-state index contributed by atoms with van der Waals surface area (Å²) < 4.78 is 0. The number of nitrogens with one attached hydrogen (secondary N) is 1. The smallest absolute Gasteiger partial charge is 0.109 e. The molecule has 0 aliphatic carbocycles. The van der Waals surface area contributed by atoms with Gasteiger partial charge < -0.3 is 10.4 Å². The van der Waals surface area contributed by atoms with Crippen LogP contribution in [0.4, 0.5) is 0 Å². The molecule has 0 spiro atoms. The number of thiazole rings is 1. The van der Waals surface area contributed by atoms with Crippen molar-refractivity contribution in [3.8, 4) is 0 Å². The molecule has 13 heavy (non-hydrogen) atoms. The Balaban J connectivity index is 2.22. The third-order valence-electron chi connectivity index (χ3n) is 1.83. The van der Waals surface area contributed by atoms with E-state index in [9.17, 15) is 0 Å². The van der Waals surface area contributed by atoms with Gasteiger partial charge in [-0.25, -0.2) is 4.98 Å². The number of aromatic nitrogens is 1. The second-order valence-electron chi connectivity index (χ2n) is 3.18. The van der Waals surface area contributed by atoms with Crippen molar-refractivity contribution >= 4 is 11.3 Å². The first kappa shape index (κ1) is 10.6. The average Bonchev–Trinajstić information content (AvgIpc) is 2.55. The van der Waals surface area contributed by atoms with Crippen LogP contribution >= 0.6 is 11.3 Å². The Labute approximate surface area is 82.8 Å².